The summed E-state index contributed by atoms with van der Waals surface area (Å²) in [5.41, 5.74) is -0.158. The largest absolute Gasteiger partial charge is 0.417 e. The number of anilines is 1. The molecule has 5 rings (SSSR count). The molecule has 3 aliphatic rings. The van der Waals surface area contributed by atoms with Crippen molar-refractivity contribution in [3.05, 3.63) is 65.4 Å². The van der Waals surface area contributed by atoms with Crippen LogP contribution in [-0.4, -0.2) is 65.5 Å². The number of amides is 1. The van der Waals surface area contributed by atoms with Gasteiger partial charge in [-0.05, 0) is 48.2 Å². The molecule has 2 fully saturated rings. The van der Waals surface area contributed by atoms with Gasteiger partial charge in [-0.25, -0.2) is 4.98 Å². The summed E-state index contributed by atoms with van der Waals surface area (Å²) in [5, 5.41) is 0. The lowest BCUT2D eigenvalue weighted by Gasteiger charge is -2.36. The van der Waals surface area contributed by atoms with Gasteiger partial charge in [0.05, 0.1) is 17.7 Å². The fraction of sp³-hybridized carbons (Fsp3) is 0.440. The summed E-state index contributed by atoms with van der Waals surface area (Å²) in [6.45, 7) is 2.23. The highest BCUT2D eigenvalue weighted by atomic mass is 19.4. The van der Waals surface area contributed by atoms with Crippen LogP contribution in [0.1, 0.15) is 29.5 Å². The van der Waals surface area contributed by atoms with E-state index in [-0.39, 0.29) is 24.5 Å². The summed E-state index contributed by atoms with van der Waals surface area (Å²) in [6, 6.07) is 7.85. The van der Waals surface area contributed by atoms with Crippen LogP contribution in [-0.2, 0) is 17.1 Å². The van der Waals surface area contributed by atoms with E-state index in [0.29, 0.717) is 44.0 Å². The normalized spacial score (nSPS) is 22.8. The van der Waals surface area contributed by atoms with Crippen molar-refractivity contribution in [2.75, 3.05) is 37.6 Å². The van der Waals surface area contributed by atoms with Gasteiger partial charge in [-0.15, -0.1) is 0 Å². The van der Waals surface area contributed by atoms with Crippen molar-refractivity contribution in [1.29, 1.82) is 0 Å². The van der Waals surface area contributed by atoms with Crippen LogP contribution in [0.3, 0.4) is 0 Å². The van der Waals surface area contributed by atoms with Crippen LogP contribution < -0.4 is 4.90 Å². The Hall–Kier alpha value is -3.08. The number of piperazine rings is 1. The zero-order valence-corrected chi connectivity index (χ0v) is 19.2. The number of pyridine rings is 1. The average molecular weight is 510 g/mol. The summed E-state index contributed by atoms with van der Waals surface area (Å²) in [5.74, 6) is 0.464. The molecule has 2 bridgehead atoms. The third kappa shape index (κ3) is 4.93. The third-order valence-corrected chi connectivity index (χ3v) is 7.18. The quantitative estimate of drug-likeness (QED) is 0.560. The number of carbonyl (C=O) groups excluding carboxylic acids is 1. The highest BCUT2D eigenvalue weighted by Gasteiger charge is 2.44. The molecule has 2 unspecified atom stereocenters. The first-order chi connectivity index (χ1) is 17.0. The van der Waals surface area contributed by atoms with Gasteiger partial charge in [-0.3, -0.25) is 9.69 Å². The highest BCUT2D eigenvalue weighted by Crippen LogP contribution is 2.36. The molecular formula is C25H24F6N4O. The number of halogens is 6. The molecule has 1 amide bonds. The maximum atomic E-state index is 13.0. The molecule has 2 atom stereocenters. The standard InChI is InChI=1S/C25H24F6N4O/c26-24(27,28)18-3-1-2-17(10-18)16-6-8-33(9-7-16)23(36)15-34-13-21-11-20(34)14-35(21)22-5-4-19(12-32-22)25(29,30)31/h1-6,10,12,20-21H,7-9,11,13-15H2. The number of alkyl halides is 6. The number of nitrogens with zero attached hydrogens (tertiary/aromatic N) is 4. The smallest absolute Gasteiger partial charge is 0.351 e. The van der Waals surface area contributed by atoms with E-state index in [9.17, 15) is 31.1 Å². The Kier molecular flexibility index (Phi) is 6.22. The van der Waals surface area contributed by atoms with Gasteiger partial charge in [-0.2, -0.15) is 26.3 Å². The lowest BCUT2D eigenvalue weighted by molar-refractivity contribution is -0.138. The predicted octanol–water partition coefficient (Wildman–Crippen LogP) is 4.70. The van der Waals surface area contributed by atoms with Crippen molar-refractivity contribution in [3.8, 4) is 0 Å². The van der Waals surface area contributed by atoms with E-state index in [1.165, 1.54) is 12.1 Å². The summed E-state index contributed by atoms with van der Waals surface area (Å²) in [7, 11) is 0. The van der Waals surface area contributed by atoms with Crippen molar-refractivity contribution in [3.63, 3.8) is 0 Å². The summed E-state index contributed by atoms with van der Waals surface area (Å²) in [4.78, 5) is 22.7. The van der Waals surface area contributed by atoms with Crippen molar-refractivity contribution in [1.82, 2.24) is 14.8 Å². The Balaban J connectivity index is 1.16. The molecule has 2 saturated heterocycles. The molecule has 2 aromatic rings. The first-order valence-corrected chi connectivity index (χ1v) is 11.7. The Morgan fingerprint density at radius 2 is 1.75 bits per heavy atom. The van der Waals surface area contributed by atoms with Gasteiger partial charge in [0.2, 0.25) is 5.91 Å². The van der Waals surface area contributed by atoms with Gasteiger partial charge < -0.3 is 9.80 Å². The van der Waals surface area contributed by atoms with Crippen LogP contribution in [0.2, 0.25) is 0 Å². The van der Waals surface area contributed by atoms with Gasteiger partial charge in [0.1, 0.15) is 5.82 Å². The molecule has 11 heteroatoms. The van der Waals surface area contributed by atoms with E-state index in [1.54, 1.807) is 11.0 Å². The minimum absolute atomic E-state index is 0.0407. The van der Waals surface area contributed by atoms with E-state index < -0.39 is 23.5 Å². The third-order valence-electron chi connectivity index (χ3n) is 7.18. The lowest BCUT2D eigenvalue weighted by atomic mass is 9.97. The minimum Gasteiger partial charge on any atom is -0.351 e. The molecule has 1 aromatic carbocycles. The molecule has 0 radical (unpaired) electrons. The van der Waals surface area contributed by atoms with Gasteiger partial charge in [0, 0.05) is 44.5 Å². The molecule has 3 aliphatic heterocycles. The topological polar surface area (TPSA) is 39.7 Å². The maximum absolute atomic E-state index is 13.0. The van der Waals surface area contributed by atoms with Crippen molar-refractivity contribution in [2.45, 2.75) is 37.3 Å². The number of hydrogen-bond donors (Lipinski definition) is 0. The molecule has 4 heterocycles. The Morgan fingerprint density at radius 3 is 2.33 bits per heavy atom. The molecule has 0 N–H and O–H groups in total. The molecule has 5 nitrogen and oxygen atoms in total. The van der Waals surface area contributed by atoms with Crippen molar-refractivity contribution >= 4 is 17.3 Å². The predicted molar refractivity (Wildman–Crippen MR) is 121 cm³/mol. The highest BCUT2D eigenvalue weighted by molar-refractivity contribution is 5.80. The second-order valence-electron chi connectivity index (χ2n) is 9.43. The fourth-order valence-electron chi connectivity index (χ4n) is 5.27. The number of fused-ring (bicyclic) bond motifs is 2. The van der Waals surface area contributed by atoms with Crippen LogP contribution in [0.15, 0.2) is 48.7 Å². The van der Waals surface area contributed by atoms with Crippen LogP contribution in [0, 0.1) is 0 Å². The van der Waals surface area contributed by atoms with E-state index >= 15 is 0 Å². The minimum atomic E-state index is -4.43. The lowest BCUT2D eigenvalue weighted by Crippen LogP contribution is -2.50. The number of rotatable bonds is 4. The Morgan fingerprint density at radius 1 is 0.972 bits per heavy atom. The average Bonchev–Trinajstić information content (AvgIpc) is 3.44. The first kappa shape index (κ1) is 24.6. The van der Waals surface area contributed by atoms with E-state index in [2.05, 4.69) is 9.88 Å². The second-order valence-corrected chi connectivity index (χ2v) is 9.43. The van der Waals surface area contributed by atoms with Crippen LogP contribution in [0.5, 0.6) is 0 Å². The van der Waals surface area contributed by atoms with Gasteiger partial charge in [-0.1, -0.05) is 18.2 Å². The summed E-state index contributed by atoms with van der Waals surface area (Å²) >= 11 is 0. The number of hydrogen-bond acceptors (Lipinski definition) is 4. The van der Waals surface area contributed by atoms with Crippen molar-refractivity contribution < 1.29 is 31.1 Å². The van der Waals surface area contributed by atoms with E-state index in [0.717, 1.165) is 36.4 Å². The van der Waals surface area contributed by atoms with E-state index in [1.807, 2.05) is 11.0 Å². The van der Waals surface area contributed by atoms with E-state index in [4.69, 9.17) is 0 Å². The summed E-state index contributed by atoms with van der Waals surface area (Å²) in [6.07, 6.45) is -4.88. The van der Waals surface area contributed by atoms with Crippen molar-refractivity contribution in [2.24, 2.45) is 0 Å². The summed E-state index contributed by atoms with van der Waals surface area (Å²) < 4.78 is 77.4. The SMILES string of the molecule is O=C(CN1CC2CC1CN2c1ccc(C(F)(F)F)cn1)N1CC=C(c2cccc(C(F)(F)F)c2)CC1. The Labute approximate surface area is 204 Å². The van der Waals surface area contributed by atoms with Gasteiger partial charge in [0.15, 0.2) is 0 Å². The Bertz CT molecular complexity index is 1160. The van der Waals surface area contributed by atoms with Gasteiger partial charge >= 0.3 is 12.4 Å². The molecule has 0 aliphatic carbocycles. The molecular weight excluding hydrogens is 486 g/mol. The number of likely N-dealkylation sites (tertiary alicyclic amines) is 1. The molecule has 192 valence electrons. The van der Waals surface area contributed by atoms with Crippen LogP contribution in [0.4, 0.5) is 32.2 Å². The number of aromatic nitrogens is 1. The fourth-order valence-corrected chi connectivity index (χ4v) is 5.27. The van der Waals surface area contributed by atoms with Crippen LogP contribution >= 0.6 is 0 Å². The first-order valence-electron chi connectivity index (χ1n) is 11.7. The van der Waals surface area contributed by atoms with Gasteiger partial charge in [0.25, 0.3) is 0 Å². The molecule has 36 heavy (non-hydrogen) atoms. The second kappa shape index (κ2) is 9.10. The zero-order valence-electron chi connectivity index (χ0n) is 19.2. The maximum Gasteiger partial charge on any atom is 0.417 e. The molecule has 0 saturated carbocycles. The molecule has 1 aromatic heterocycles. The molecule has 0 spiro atoms. The monoisotopic (exact) mass is 510 g/mol. The van der Waals surface area contributed by atoms with Crippen LogP contribution in [0.25, 0.3) is 5.57 Å². The zero-order chi connectivity index (χ0) is 25.7. The number of carbonyl (C=O) groups is 1. The number of benzene rings is 1.